The third-order valence-electron chi connectivity index (χ3n) is 3.77. The van der Waals surface area contributed by atoms with Gasteiger partial charge >= 0.3 is 12.6 Å². The van der Waals surface area contributed by atoms with Crippen LogP contribution in [0.25, 0.3) is 0 Å². The van der Waals surface area contributed by atoms with E-state index in [-0.39, 0.29) is 11.7 Å². The summed E-state index contributed by atoms with van der Waals surface area (Å²) in [4.78, 5) is 23.9. The molecule has 2 rings (SSSR count). The Morgan fingerprint density at radius 1 is 1.38 bits per heavy atom. The van der Waals surface area contributed by atoms with Crippen LogP contribution in [0, 0.1) is 0 Å². The molecule has 0 spiro atoms. The SMILES string of the molecule is CC(NC(=O)NC1CCCCNC1=O)c1cccc(OC(F)F)c1. The van der Waals surface area contributed by atoms with Gasteiger partial charge in [-0.3, -0.25) is 4.79 Å². The predicted octanol–water partition coefficient (Wildman–Crippen LogP) is 2.32. The van der Waals surface area contributed by atoms with Crippen LogP contribution < -0.4 is 20.7 Å². The zero-order valence-electron chi connectivity index (χ0n) is 13.4. The third kappa shape index (κ3) is 5.36. The lowest BCUT2D eigenvalue weighted by Crippen LogP contribution is -2.49. The maximum atomic E-state index is 12.3. The molecule has 0 saturated carbocycles. The number of alkyl halides is 2. The number of amides is 3. The van der Waals surface area contributed by atoms with Gasteiger partial charge in [-0.1, -0.05) is 12.1 Å². The first-order valence-electron chi connectivity index (χ1n) is 7.85. The van der Waals surface area contributed by atoms with Crippen molar-refractivity contribution in [1.82, 2.24) is 16.0 Å². The number of carbonyl (C=O) groups excluding carboxylic acids is 2. The fourth-order valence-electron chi connectivity index (χ4n) is 2.52. The van der Waals surface area contributed by atoms with Gasteiger partial charge in [-0.2, -0.15) is 8.78 Å². The fraction of sp³-hybridized carbons (Fsp3) is 0.500. The summed E-state index contributed by atoms with van der Waals surface area (Å²) in [6.07, 6.45) is 2.33. The van der Waals surface area contributed by atoms with E-state index in [1.165, 1.54) is 12.1 Å². The highest BCUT2D eigenvalue weighted by Gasteiger charge is 2.23. The molecule has 1 aliphatic rings. The number of hydrogen-bond acceptors (Lipinski definition) is 3. The molecule has 1 aliphatic heterocycles. The van der Waals surface area contributed by atoms with E-state index >= 15 is 0 Å². The first-order chi connectivity index (χ1) is 11.5. The van der Waals surface area contributed by atoms with Crippen molar-refractivity contribution in [2.24, 2.45) is 0 Å². The van der Waals surface area contributed by atoms with Gasteiger partial charge in [0.25, 0.3) is 0 Å². The number of benzene rings is 1. The van der Waals surface area contributed by atoms with Crippen molar-refractivity contribution < 1.29 is 23.1 Å². The summed E-state index contributed by atoms with van der Waals surface area (Å²) >= 11 is 0. The molecular weight excluding hydrogens is 320 g/mol. The smallest absolute Gasteiger partial charge is 0.387 e. The Kier molecular flexibility index (Phi) is 6.34. The van der Waals surface area contributed by atoms with E-state index in [1.807, 2.05) is 0 Å². The molecule has 2 atom stereocenters. The van der Waals surface area contributed by atoms with Crippen molar-refractivity contribution in [3.05, 3.63) is 29.8 Å². The van der Waals surface area contributed by atoms with Crippen molar-refractivity contribution in [2.45, 2.75) is 44.9 Å². The van der Waals surface area contributed by atoms with Crippen LogP contribution >= 0.6 is 0 Å². The van der Waals surface area contributed by atoms with Gasteiger partial charge in [0.05, 0.1) is 6.04 Å². The van der Waals surface area contributed by atoms with Gasteiger partial charge in [-0.25, -0.2) is 4.79 Å². The average Bonchev–Trinajstić information content (AvgIpc) is 2.72. The zero-order chi connectivity index (χ0) is 17.5. The Bertz CT molecular complexity index is 583. The first-order valence-corrected chi connectivity index (χ1v) is 7.85. The Hall–Kier alpha value is -2.38. The summed E-state index contributed by atoms with van der Waals surface area (Å²) < 4.78 is 28.9. The number of hydrogen-bond donors (Lipinski definition) is 3. The summed E-state index contributed by atoms with van der Waals surface area (Å²) in [5.74, 6) is -0.165. The molecule has 1 heterocycles. The van der Waals surface area contributed by atoms with E-state index < -0.39 is 24.7 Å². The maximum Gasteiger partial charge on any atom is 0.387 e. The maximum absolute atomic E-state index is 12.3. The Labute approximate surface area is 138 Å². The van der Waals surface area contributed by atoms with Crippen LogP contribution in [0.3, 0.4) is 0 Å². The lowest BCUT2D eigenvalue weighted by Gasteiger charge is -2.19. The van der Waals surface area contributed by atoms with E-state index in [0.717, 1.165) is 12.8 Å². The molecule has 0 aliphatic carbocycles. The average molecular weight is 341 g/mol. The van der Waals surface area contributed by atoms with Gasteiger partial charge in [0.15, 0.2) is 0 Å². The molecule has 1 aromatic carbocycles. The standard InChI is InChI=1S/C16H21F2N3O3/c1-10(11-5-4-6-12(9-11)24-15(17)18)20-16(23)21-13-7-2-3-8-19-14(13)22/h4-6,9-10,13,15H,2-3,7-8H2,1H3,(H,19,22)(H2,20,21,23). The molecule has 1 saturated heterocycles. The van der Waals surface area contributed by atoms with Crippen molar-refractivity contribution in [1.29, 1.82) is 0 Å². The molecule has 2 unspecified atom stereocenters. The predicted molar refractivity (Wildman–Crippen MR) is 83.8 cm³/mol. The highest BCUT2D eigenvalue weighted by atomic mass is 19.3. The van der Waals surface area contributed by atoms with Crippen LogP contribution in [0.15, 0.2) is 24.3 Å². The normalized spacial score (nSPS) is 19.2. The van der Waals surface area contributed by atoms with Crippen molar-refractivity contribution >= 4 is 11.9 Å². The van der Waals surface area contributed by atoms with Crippen LogP contribution in [0.1, 0.15) is 37.8 Å². The van der Waals surface area contributed by atoms with E-state index in [2.05, 4.69) is 20.7 Å². The highest BCUT2D eigenvalue weighted by Crippen LogP contribution is 2.20. The molecule has 3 N–H and O–H groups in total. The van der Waals surface area contributed by atoms with Gasteiger partial charge in [-0.05, 0) is 43.9 Å². The molecule has 0 radical (unpaired) electrons. The second kappa shape index (κ2) is 8.47. The van der Waals surface area contributed by atoms with Gasteiger partial charge in [0.1, 0.15) is 11.8 Å². The minimum Gasteiger partial charge on any atom is -0.435 e. The van der Waals surface area contributed by atoms with Crippen LogP contribution in [-0.4, -0.2) is 31.1 Å². The molecule has 132 valence electrons. The second-order valence-electron chi connectivity index (χ2n) is 5.63. The van der Waals surface area contributed by atoms with E-state index in [9.17, 15) is 18.4 Å². The lowest BCUT2D eigenvalue weighted by molar-refractivity contribution is -0.122. The van der Waals surface area contributed by atoms with Gasteiger partial charge in [-0.15, -0.1) is 0 Å². The summed E-state index contributed by atoms with van der Waals surface area (Å²) in [6, 6.07) is 4.65. The number of ether oxygens (including phenoxy) is 1. The molecule has 0 bridgehead atoms. The number of nitrogens with one attached hydrogen (secondary N) is 3. The van der Waals surface area contributed by atoms with Crippen molar-refractivity contribution in [2.75, 3.05) is 6.54 Å². The van der Waals surface area contributed by atoms with Crippen LogP contribution in [0.5, 0.6) is 5.75 Å². The Balaban J connectivity index is 1.92. The third-order valence-corrected chi connectivity index (χ3v) is 3.77. The summed E-state index contributed by atoms with van der Waals surface area (Å²) in [5.41, 5.74) is 0.619. The molecule has 1 fully saturated rings. The quantitative estimate of drug-likeness (QED) is 0.769. The molecule has 1 aromatic rings. The second-order valence-corrected chi connectivity index (χ2v) is 5.63. The lowest BCUT2D eigenvalue weighted by atomic mass is 10.1. The first kappa shape index (κ1) is 18.0. The number of halogens is 2. The highest BCUT2D eigenvalue weighted by molar-refractivity contribution is 5.87. The Morgan fingerprint density at radius 3 is 2.92 bits per heavy atom. The topological polar surface area (TPSA) is 79.5 Å². The Morgan fingerprint density at radius 2 is 2.17 bits per heavy atom. The number of carbonyl (C=O) groups is 2. The van der Waals surface area contributed by atoms with E-state index in [1.54, 1.807) is 19.1 Å². The van der Waals surface area contributed by atoms with Crippen LogP contribution in [0.2, 0.25) is 0 Å². The van der Waals surface area contributed by atoms with Crippen molar-refractivity contribution in [3.8, 4) is 5.75 Å². The minimum absolute atomic E-state index is 0.0275. The van der Waals surface area contributed by atoms with Crippen LogP contribution in [-0.2, 0) is 4.79 Å². The fourth-order valence-corrected chi connectivity index (χ4v) is 2.52. The molecule has 24 heavy (non-hydrogen) atoms. The summed E-state index contributed by atoms with van der Waals surface area (Å²) in [7, 11) is 0. The van der Waals surface area contributed by atoms with E-state index in [4.69, 9.17) is 0 Å². The minimum atomic E-state index is -2.90. The molecule has 0 aromatic heterocycles. The van der Waals surface area contributed by atoms with E-state index in [0.29, 0.717) is 18.5 Å². The monoisotopic (exact) mass is 341 g/mol. The summed E-state index contributed by atoms with van der Waals surface area (Å²) in [5, 5.41) is 8.08. The molecule has 3 amide bonds. The van der Waals surface area contributed by atoms with Crippen molar-refractivity contribution in [3.63, 3.8) is 0 Å². The number of rotatable bonds is 5. The van der Waals surface area contributed by atoms with Gasteiger partial charge < -0.3 is 20.7 Å². The molecule has 8 heteroatoms. The largest absolute Gasteiger partial charge is 0.435 e. The number of urea groups is 1. The van der Waals surface area contributed by atoms with Gasteiger partial charge in [0, 0.05) is 6.54 Å². The zero-order valence-corrected chi connectivity index (χ0v) is 13.4. The molecule has 6 nitrogen and oxygen atoms in total. The van der Waals surface area contributed by atoms with Crippen LogP contribution in [0.4, 0.5) is 13.6 Å². The molecular formula is C16H21F2N3O3. The van der Waals surface area contributed by atoms with Gasteiger partial charge in [0.2, 0.25) is 5.91 Å². The summed E-state index contributed by atoms with van der Waals surface area (Å²) in [6.45, 7) is -0.569.